The van der Waals surface area contributed by atoms with Crippen molar-refractivity contribution in [1.29, 1.82) is 0 Å². The van der Waals surface area contributed by atoms with Gasteiger partial charge in [-0.15, -0.1) is 0 Å². The number of hydrogen-bond donors (Lipinski definition) is 1. The van der Waals surface area contributed by atoms with Gasteiger partial charge in [-0.05, 0) is 37.4 Å². The van der Waals surface area contributed by atoms with Crippen LogP contribution in [0.4, 0.5) is 4.39 Å². The van der Waals surface area contributed by atoms with Gasteiger partial charge in [-0.25, -0.2) is 4.39 Å². The standard InChI is InChI=1S/C14H22FN/c1-3-5-6-12-7-8-13(14(15)10-12)11-16-9-4-2/h7-8,10,16H,3-6,9,11H2,1-2H3. The van der Waals surface area contributed by atoms with E-state index in [-0.39, 0.29) is 5.82 Å². The molecule has 2 heteroatoms. The van der Waals surface area contributed by atoms with Crippen LogP contribution in [-0.4, -0.2) is 6.54 Å². The van der Waals surface area contributed by atoms with Gasteiger partial charge in [0.05, 0.1) is 0 Å². The van der Waals surface area contributed by atoms with Crippen molar-refractivity contribution in [3.8, 4) is 0 Å². The molecule has 0 fully saturated rings. The molecule has 1 aromatic rings. The van der Waals surface area contributed by atoms with Gasteiger partial charge in [0.2, 0.25) is 0 Å². The zero-order chi connectivity index (χ0) is 11.8. The molecule has 1 N–H and O–H groups in total. The van der Waals surface area contributed by atoms with Crippen molar-refractivity contribution in [2.45, 2.75) is 46.1 Å². The Bertz CT molecular complexity index is 310. The van der Waals surface area contributed by atoms with Crippen LogP contribution < -0.4 is 5.32 Å². The summed E-state index contributed by atoms with van der Waals surface area (Å²) >= 11 is 0. The van der Waals surface area contributed by atoms with E-state index < -0.39 is 0 Å². The maximum Gasteiger partial charge on any atom is 0.127 e. The molecule has 0 unspecified atom stereocenters. The molecular weight excluding hydrogens is 201 g/mol. The van der Waals surface area contributed by atoms with Crippen LogP contribution >= 0.6 is 0 Å². The Kier molecular flexibility index (Phi) is 6.09. The van der Waals surface area contributed by atoms with Gasteiger partial charge in [0.15, 0.2) is 0 Å². The molecule has 0 aliphatic carbocycles. The lowest BCUT2D eigenvalue weighted by Crippen LogP contribution is -2.14. The van der Waals surface area contributed by atoms with Crippen LogP contribution in [0.1, 0.15) is 44.2 Å². The van der Waals surface area contributed by atoms with E-state index in [1.165, 1.54) is 0 Å². The van der Waals surface area contributed by atoms with E-state index in [4.69, 9.17) is 0 Å². The third kappa shape index (κ3) is 4.31. The van der Waals surface area contributed by atoms with Gasteiger partial charge < -0.3 is 5.32 Å². The SMILES string of the molecule is CCCCc1ccc(CNCCC)c(F)c1. The smallest absolute Gasteiger partial charge is 0.127 e. The Hall–Kier alpha value is -0.890. The Morgan fingerprint density at radius 1 is 1.19 bits per heavy atom. The molecule has 0 atom stereocenters. The molecule has 0 aliphatic rings. The Balaban J connectivity index is 2.53. The highest BCUT2D eigenvalue weighted by molar-refractivity contribution is 5.24. The maximum atomic E-state index is 13.7. The number of rotatable bonds is 7. The average Bonchev–Trinajstić information content (AvgIpc) is 2.29. The number of halogens is 1. The van der Waals surface area contributed by atoms with Crippen LogP contribution in [0.5, 0.6) is 0 Å². The molecule has 0 spiro atoms. The molecule has 0 aliphatic heterocycles. The summed E-state index contributed by atoms with van der Waals surface area (Å²) in [4.78, 5) is 0. The lowest BCUT2D eigenvalue weighted by molar-refractivity contribution is 0.584. The van der Waals surface area contributed by atoms with Crippen molar-refractivity contribution < 1.29 is 4.39 Å². The fourth-order valence-electron chi connectivity index (χ4n) is 1.67. The molecule has 1 nitrogen and oxygen atoms in total. The summed E-state index contributed by atoms with van der Waals surface area (Å²) in [6.45, 7) is 5.83. The van der Waals surface area contributed by atoms with Gasteiger partial charge in [0.1, 0.15) is 5.82 Å². The molecular formula is C14H22FN. The van der Waals surface area contributed by atoms with Crippen LogP contribution in [0.3, 0.4) is 0 Å². The predicted octanol–water partition coefficient (Wildman–Crippen LogP) is 3.67. The highest BCUT2D eigenvalue weighted by Crippen LogP contribution is 2.12. The first-order chi connectivity index (χ1) is 7.77. The fraction of sp³-hybridized carbons (Fsp3) is 0.571. The van der Waals surface area contributed by atoms with Crippen molar-refractivity contribution in [2.75, 3.05) is 6.54 Å². The molecule has 0 saturated carbocycles. The van der Waals surface area contributed by atoms with Gasteiger partial charge in [0.25, 0.3) is 0 Å². The van der Waals surface area contributed by atoms with Crippen molar-refractivity contribution >= 4 is 0 Å². The second-order valence-corrected chi connectivity index (χ2v) is 4.21. The van der Waals surface area contributed by atoms with Crippen LogP contribution in [-0.2, 0) is 13.0 Å². The Labute approximate surface area is 98.1 Å². The van der Waals surface area contributed by atoms with Crippen molar-refractivity contribution in [3.63, 3.8) is 0 Å². The molecule has 16 heavy (non-hydrogen) atoms. The van der Waals surface area contributed by atoms with E-state index in [1.807, 2.05) is 12.1 Å². The lowest BCUT2D eigenvalue weighted by atomic mass is 10.1. The van der Waals surface area contributed by atoms with Crippen molar-refractivity contribution in [1.82, 2.24) is 5.32 Å². The normalized spacial score (nSPS) is 10.7. The molecule has 0 saturated heterocycles. The van der Waals surface area contributed by atoms with E-state index in [2.05, 4.69) is 19.2 Å². The fourth-order valence-corrected chi connectivity index (χ4v) is 1.67. The molecule has 90 valence electrons. The number of benzene rings is 1. The monoisotopic (exact) mass is 223 g/mol. The van der Waals surface area contributed by atoms with Crippen LogP contribution in [0, 0.1) is 5.82 Å². The van der Waals surface area contributed by atoms with Crippen LogP contribution in [0.2, 0.25) is 0 Å². The van der Waals surface area contributed by atoms with Crippen molar-refractivity contribution in [3.05, 3.63) is 35.1 Å². The third-order valence-electron chi connectivity index (χ3n) is 2.68. The third-order valence-corrected chi connectivity index (χ3v) is 2.68. The Morgan fingerprint density at radius 3 is 2.62 bits per heavy atom. The Morgan fingerprint density at radius 2 is 2.00 bits per heavy atom. The molecule has 1 rings (SSSR count). The second kappa shape index (κ2) is 7.39. The molecule has 1 aromatic carbocycles. The minimum absolute atomic E-state index is 0.0720. The zero-order valence-corrected chi connectivity index (χ0v) is 10.4. The van der Waals surface area contributed by atoms with E-state index in [0.717, 1.165) is 43.4 Å². The summed E-state index contributed by atoms with van der Waals surface area (Å²) in [7, 11) is 0. The number of unbranched alkanes of at least 4 members (excludes halogenated alkanes) is 1. The van der Waals surface area contributed by atoms with Crippen LogP contribution in [0.15, 0.2) is 18.2 Å². The van der Waals surface area contributed by atoms with Gasteiger partial charge in [0, 0.05) is 12.1 Å². The molecule has 0 aromatic heterocycles. The first-order valence-corrected chi connectivity index (χ1v) is 6.26. The summed E-state index contributed by atoms with van der Waals surface area (Å²) in [5.41, 5.74) is 1.88. The summed E-state index contributed by atoms with van der Waals surface area (Å²) in [5.74, 6) is -0.0720. The minimum atomic E-state index is -0.0720. The zero-order valence-electron chi connectivity index (χ0n) is 10.4. The summed E-state index contributed by atoms with van der Waals surface area (Å²) < 4.78 is 13.7. The predicted molar refractivity (Wildman–Crippen MR) is 67.0 cm³/mol. The van der Waals surface area contributed by atoms with Gasteiger partial charge in [-0.3, -0.25) is 0 Å². The lowest BCUT2D eigenvalue weighted by Gasteiger charge is -2.07. The summed E-state index contributed by atoms with van der Waals surface area (Å²) in [6, 6.07) is 5.63. The second-order valence-electron chi connectivity index (χ2n) is 4.21. The van der Waals surface area contributed by atoms with Crippen molar-refractivity contribution in [2.24, 2.45) is 0 Å². The van der Waals surface area contributed by atoms with Crippen LogP contribution in [0.25, 0.3) is 0 Å². The largest absolute Gasteiger partial charge is 0.313 e. The van der Waals surface area contributed by atoms with Gasteiger partial charge >= 0.3 is 0 Å². The van der Waals surface area contributed by atoms with Gasteiger partial charge in [-0.1, -0.05) is 32.4 Å². The summed E-state index contributed by atoms with van der Waals surface area (Å²) in [5, 5.41) is 3.21. The molecule has 0 bridgehead atoms. The quantitative estimate of drug-likeness (QED) is 0.695. The summed E-state index contributed by atoms with van der Waals surface area (Å²) in [6.07, 6.45) is 4.35. The van der Waals surface area contributed by atoms with E-state index >= 15 is 0 Å². The highest BCUT2D eigenvalue weighted by atomic mass is 19.1. The minimum Gasteiger partial charge on any atom is -0.313 e. The van der Waals surface area contributed by atoms with E-state index in [1.54, 1.807) is 6.07 Å². The number of nitrogens with one attached hydrogen (secondary N) is 1. The maximum absolute atomic E-state index is 13.7. The number of aryl methyl sites for hydroxylation is 1. The first-order valence-electron chi connectivity index (χ1n) is 6.26. The van der Waals surface area contributed by atoms with E-state index in [0.29, 0.717) is 6.54 Å². The molecule has 0 heterocycles. The average molecular weight is 223 g/mol. The first kappa shape index (κ1) is 13.2. The van der Waals surface area contributed by atoms with Gasteiger partial charge in [-0.2, -0.15) is 0 Å². The highest BCUT2D eigenvalue weighted by Gasteiger charge is 2.02. The molecule has 0 amide bonds. The number of hydrogen-bond acceptors (Lipinski definition) is 1. The topological polar surface area (TPSA) is 12.0 Å². The molecule has 0 radical (unpaired) electrons. The van der Waals surface area contributed by atoms with E-state index in [9.17, 15) is 4.39 Å².